The molecule has 1 aromatic heterocycles. The number of anilines is 3. The van der Waals surface area contributed by atoms with Crippen LogP contribution in [0.4, 0.5) is 17.1 Å². The van der Waals surface area contributed by atoms with Gasteiger partial charge in [0.15, 0.2) is 0 Å². The van der Waals surface area contributed by atoms with Crippen molar-refractivity contribution in [2.24, 2.45) is 0 Å². The standard InChI is InChI=1S/C52H36N2/c1-3-15-38(16-4-1)46-27-12-17-39-18-13-28-47(52(39)46)41-20-11-19-40(35-41)37-31-33-43(34-32-37)53(42-21-5-2-6-22-42)44-23-14-24-45(36-44)54-50-29-9-7-25-48(50)49-26-8-10-30-51(49)54/h1-36H. The van der Waals surface area contributed by atoms with Crippen LogP contribution in [0.3, 0.4) is 0 Å². The van der Waals surface area contributed by atoms with Crippen molar-refractivity contribution in [1.82, 2.24) is 4.57 Å². The quantitative estimate of drug-likeness (QED) is 0.162. The minimum Gasteiger partial charge on any atom is -0.310 e. The van der Waals surface area contributed by atoms with Crippen LogP contribution < -0.4 is 4.90 Å². The molecule has 1 heterocycles. The average Bonchev–Trinajstić information content (AvgIpc) is 3.59. The van der Waals surface area contributed by atoms with Gasteiger partial charge in [0.1, 0.15) is 0 Å². The van der Waals surface area contributed by atoms with E-state index in [1.165, 1.54) is 66.0 Å². The third kappa shape index (κ3) is 5.53. The van der Waals surface area contributed by atoms with Gasteiger partial charge in [0.2, 0.25) is 0 Å². The molecular formula is C52H36N2. The van der Waals surface area contributed by atoms with Crippen molar-refractivity contribution in [3.05, 3.63) is 218 Å². The van der Waals surface area contributed by atoms with Gasteiger partial charge >= 0.3 is 0 Å². The Labute approximate surface area is 315 Å². The third-order valence-electron chi connectivity index (χ3n) is 10.6. The predicted octanol–water partition coefficient (Wildman–Crippen LogP) is 14.4. The summed E-state index contributed by atoms with van der Waals surface area (Å²) in [6.45, 7) is 0. The molecular weight excluding hydrogens is 653 g/mol. The van der Waals surface area contributed by atoms with E-state index in [-0.39, 0.29) is 0 Å². The van der Waals surface area contributed by atoms with E-state index in [0.717, 1.165) is 22.7 Å². The average molecular weight is 689 g/mol. The number of nitrogens with zero attached hydrogens (tertiary/aromatic N) is 2. The van der Waals surface area contributed by atoms with Crippen LogP contribution in [-0.4, -0.2) is 4.57 Å². The molecule has 2 nitrogen and oxygen atoms in total. The van der Waals surface area contributed by atoms with Crippen LogP contribution in [0.15, 0.2) is 218 Å². The highest BCUT2D eigenvalue weighted by molar-refractivity contribution is 6.09. The molecule has 0 radical (unpaired) electrons. The van der Waals surface area contributed by atoms with Crippen molar-refractivity contribution < 1.29 is 0 Å². The molecule has 0 bridgehead atoms. The molecule has 54 heavy (non-hydrogen) atoms. The first-order chi connectivity index (χ1) is 26.8. The van der Waals surface area contributed by atoms with Crippen LogP contribution in [0.2, 0.25) is 0 Å². The Kier molecular flexibility index (Phi) is 7.85. The summed E-state index contributed by atoms with van der Waals surface area (Å²) in [5.41, 5.74) is 14.1. The summed E-state index contributed by atoms with van der Waals surface area (Å²) in [5, 5.41) is 5.04. The van der Waals surface area contributed by atoms with Crippen molar-refractivity contribution in [1.29, 1.82) is 0 Å². The highest BCUT2D eigenvalue weighted by Crippen LogP contribution is 2.40. The SMILES string of the molecule is c1ccc(-c2cccc3cccc(-c4cccc(-c5ccc(N(c6ccccc6)c6cccc(-n7c8ccccc8c8ccccc87)c6)cc5)c4)c23)cc1. The Hall–Kier alpha value is -7.16. The summed E-state index contributed by atoms with van der Waals surface area (Å²) < 4.78 is 2.38. The molecule has 10 aromatic rings. The van der Waals surface area contributed by atoms with Crippen LogP contribution in [0.5, 0.6) is 0 Å². The Morgan fingerprint density at radius 1 is 0.315 bits per heavy atom. The lowest BCUT2D eigenvalue weighted by Gasteiger charge is -2.26. The second kappa shape index (κ2) is 13.4. The molecule has 10 rings (SSSR count). The molecule has 0 saturated carbocycles. The van der Waals surface area contributed by atoms with Crippen molar-refractivity contribution in [3.63, 3.8) is 0 Å². The summed E-state index contributed by atoms with van der Waals surface area (Å²) in [7, 11) is 0. The first-order valence-corrected chi connectivity index (χ1v) is 18.5. The fraction of sp³-hybridized carbons (Fsp3) is 0. The van der Waals surface area contributed by atoms with Crippen molar-refractivity contribution >= 4 is 49.6 Å². The number of benzene rings is 9. The van der Waals surface area contributed by atoms with Gasteiger partial charge in [0.25, 0.3) is 0 Å². The molecule has 0 unspecified atom stereocenters. The topological polar surface area (TPSA) is 8.17 Å². The number of aromatic nitrogens is 1. The minimum absolute atomic E-state index is 1.10. The van der Waals surface area contributed by atoms with E-state index in [1.807, 2.05) is 0 Å². The maximum Gasteiger partial charge on any atom is 0.0541 e. The smallest absolute Gasteiger partial charge is 0.0541 e. The van der Waals surface area contributed by atoms with Crippen LogP contribution >= 0.6 is 0 Å². The van der Waals surface area contributed by atoms with Crippen LogP contribution in [0.25, 0.3) is 71.6 Å². The van der Waals surface area contributed by atoms with Crippen LogP contribution in [0.1, 0.15) is 0 Å². The highest BCUT2D eigenvalue weighted by Gasteiger charge is 2.17. The van der Waals surface area contributed by atoms with E-state index >= 15 is 0 Å². The highest BCUT2D eigenvalue weighted by atomic mass is 15.1. The van der Waals surface area contributed by atoms with Crippen LogP contribution in [0, 0.1) is 0 Å². The van der Waals surface area contributed by atoms with Gasteiger partial charge < -0.3 is 9.47 Å². The van der Waals surface area contributed by atoms with E-state index in [1.54, 1.807) is 0 Å². The van der Waals surface area contributed by atoms with E-state index in [0.29, 0.717) is 0 Å². The van der Waals surface area contributed by atoms with Gasteiger partial charge in [0.05, 0.1) is 11.0 Å². The van der Waals surface area contributed by atoms with E-state index in [4.69, 9.17) is 0 Å². The number of fused-ring (bicyclic) bond motifs is 4. The minimum atomic E-state index is 1.10. The fourth-order valence-electron chi connectivity index (χ4n) is 8.11. The normalized spacial score (nSPS) is 11.3. The Bertz CT molecular complexity index is 2860. The second-order valence-electron chi connectivity index (χ2n) is 13.8. The maximum atomic E-state index is 2.38. The predicted molar refractivity (Wildman–Crippen MR) is 229 cm³/mol. The maximum absolute atomic E-state index is 2.38. The van der Waals surface area contributed by atoms with Gasteiger partial charge in [-0.15, -0.1) is 0 Å². The number of hydrogen-bond acceptors (Lipinski definition) is 1. The first-order valence-electron chi connectivity index (χ1n) is 18.5. The van der Waals surface area contributed by atoms with Gasteiger partial charge in [-0.1, -0.05) is 158 Å². The molecule has 0 fully saturated rings. The zero-order valence-corrected chi connectivity index (χ0v) is 29.7. The van der Waals surface area contributed by atoms with Gasteiger partial charge in [0, 0.05) is 33.5 Å². The van der Waals surface area contributed by atoms with Gasteiger partial charge in [-0.2, -0.15) is 0 Å². The van der Waals surface area contributed by atoms with Crippen molar-refractivity contribution in [3.8, 4) is 39.1 Å². The van der Waals surface area contributed by atoms with Crippen LogP contribution in [-0.2, 0) is 0 Å². The lowest BCUT2D eigenvalue weighted by molar-refractivity contribution is 1.17. The van der Waals surface area contributed by atoms with Gasteiger partial charge in [-0.3, -0.25) is 0 Å². The molecule has 0 N–H and O–H groups in total. The molecule has 254 valence electrons. The van der Waals surface area contributed by atoms with Crippen molar-refractivity contribution in [2.75, 3.05) is 4.90 Å². The third-order valence-corrected chi connectivity index (χ3v) is 10.6. The molecule has 0 amide bonds. The number of hydrogen-bond donors (Lipinski definition) is 0. The van der Waals surface area contributed by atoms with E-state index in [9.17, 15) is 0 Å². The zero-order chi connectivity index (χ0) is 35.8. The first kappa shape index (κ1) is 31.6. The van der Waals surface area contributed by atoms with E-state index in [2.05, 4.69) is 228 Å². The monoisotopic (exact) mass is 688 g/mol. The molecule has 0 aliphatic carbocycles. The lowest BCUT2D eigenvalue weighted by Crippen LogP contribution is -2.10. The molecule has 0 aliphatic rings. The summed E-state index contributed by atoms with van der Waals surface area (Å²) in [4.78, 5) is 2.35. The number of rotatable bonds is 7. The Balaban J connectivity index is 1.04. The van der Waals surface area contributed by atoms with Gasteiger partial charge in [-0.25, -0.2) is 0 Å². The van der Waals surface area contributed by atoms with Gasteiger partial charge in [-0.05, 0) is 105 Å². The molecule has 0 saturated heterocycles. The summed E-state index contributed by atoms with van der Waals surface area (Å²) in [6, 6.07) is 78.8. The largest absolute Gasteiger partial charge is 0.310 e. The Morgan fingerprint density at radius 2 is 0.833 bits per heavy atom. The van der Waals surface area contributed by atoms with E-state index < -0.39 is 0 Å². The molecule has 2 heteroatoms. The summed E-state index contributed by atoms with van der Waals surface area (Å²) in [5.74, 6) is 0. The summed E-state index contributed by atoms with van der Waals surface area (Å²) >= 11 is 0. The Morgan fingerprint density at radius 3 is 1.54 bits per heavy atom. The second-order valence-corrected chi connectivity index (χ2v) is 13.8. The molecule has 0 aliphatic heterocycles. The molecule has 0 atom stereocenters. The molecule has 9 aromatic carbocycles. The fourth-order valence-corrected chi connectivity index (χ4v) is 8.11. The zero-order valence-electron chi connectivity index (χ0n) is 29.7. The van der Waals surface area contributed by atoms with Crippen molar-refractivity contribution in [2.45, 2.75) is 0 Å². The molecule has 0 spiro atoms. The lowest BCUT2D eigenvalue weighted by atomic mass is 9.90. The summed E-state index contributed by atoms with van der Waals surface area (Å²) in [6.07, 6.45) is 0. The number of para-hydroxylation sites is 3.